The Morgan fingerprint density at radius 2 is 2.00 bits per heavy atom. The number of hydrogen-bond donors (Lipinski definition) is 2. The molecule has 0 saturated heterocycles. The molecular weight excluding hydrogens is 319 g/mol. The molecule has 0 aliphatic heterocycles. The van der Waals surface area contributed by atoms with Gasteiger partial charge in [-0.2, -0.15) is 0 Å². The van der Waals surface area contributed by atoms with Crippen molar-refractivity contribution < 1.29 is 8.42 Å². The van der Waals surface area contributed by atoms with Crippen LogP contribution >= 0.6 is 23.2 Å². The first-order valence-corrected chi connectivity index (χ1v) is 8.74. The molecule has 1 unspecified atom stereocenters. The fourth-order valence-corrected chi connectivity index (χ4v) is 4.38. The second kappa shape index (κ2) is 6.20. The summed E-state index contributed by atoms with van der Waals surface area (Å²) in [6.07, 6.45) is 2.13. The predicted molar refractivity (Wildman–Crippen MR) is 81.7 cm³/mol. The summed E-state index contributed by atoms with van der Waals surface area (Å²) in [5.74, 6) is 0.430. The van der Waals surface area contributed by atoms with Crippen LogP contribution in [0.4, 0.5) is 0 Å². The lowest BCUT2D eigenvalue weighted by Gasteiger charge is -2.16. The van der Waals surface area contributed by atoms with Crippen LogP contribution in [0.1, 0.15) is 25.3 Å². The topological polar surface area (TPSA) is 58.2 Å². The van der Waals surface area contributed by atoms with Crippen LogP contribution in [0.2, 0.25) is 10.0 Å². The first kappa shape index (κ1) is 16.0. The van der Waals surface area contributed by atoms with Crippen LogP contribution in [-0.4, -0.2) is 21.5 Å². The minimum absolute atomic E-state index is 0.0458. The SMILES string of the molecule is CNCc1cc(Cl)cc(S(=O)(=O)NC(C)C2CC2)c1Cl. The van der Waals surface area contributed by atoms with Gasteiger partial charge in [0.2, 0.25) is 10.0 Å². The molecule has 2 rings (SSSR count). The summed E-state index contributed by atoms with van der Waals surface area (Å²) in [5, 5.41) is 3.52. The maximum atomic E-state index is 12.4. The van der Waals surface area contributed by atoms with Crippen LogP contribution in [0, 0.1) is 5.92 Å². The van der Waals surface area contributed by atoms with E-state index in [0.29, 0.717) is 23.0 Å². The van der Waals surface area contributed by atoms with Gasteiger partial charge in [0.15, 0.2) is 0 Å². The van der Waals surface area contributed by atoms with Crippen molar-refractivity contribution in [2.75, 3.05) is 7.05 Å². The maximum Gasteiger partial charge on any atom is 0.242 e. The van der Waals surface area contributed by atoms with E-state index in [1.165, 1.54) is 6.07 Å². The van der Waals surface area contributed by atoms with Gasteiger partial charge in [-0.15, -0.1) is 0 Å². The fourth-order valence-electron chi connectivity index (χ4n) is 2.13. The molecule has 0 aromatic heterocycles. The van der Waals surface area contributed by atoms with Crippen molar-refractivity contribution in [2.45, 2.75) is 37.2 Å². The van der Waals surface area contributed by atoms with Gasteiger partial charge in [-0.25, -0.2) is 13.1 Å². The molecule has 0 radical (unpaired) electrons. The molecule has 1 aromatic rings. The van der Waals surface area contributed by atoms with E-state index in [0.717, 1.165) is 12.8 Å². The lowest BCUT2D eigenvalue weighted by molar-refractivity contribution is 0.538. The molecular formula is C13H18Cl2N2O2S. The maximum absolute atomic E-state index is 12.4. The molecule has 1 fully saturated rings. The van der Waals surface area contributed by atoms with E-state index in [4.69, 9.17) is 23.2 Å². The van der Waals surface area contributed by atoms with E-state index in [-0.39, 0.29) is 16.0 Å². The molecule has 1 aromatic carbocycles. The Balaban J connectivity index is 2.34. The van der Waals surface area contributed by atoms with E-state index in [2.05, 4.69) is 10.0 Å². The Bertz CT molecular complexity index is 601. The molecule has 2 N–H and O–H groups in total. The third-order valence-electron chi connectivity index (χ3n) is 3.41. The lowest BCUT2D eigenvalue weighted by Crippen LogP contribution is -2.34. The molecule has 7 heteroatoms. The first-order chi connectivity index (χ1) is 9.35. The van der Waals surface area contributed by atoms with Crippen molar-refractivity contribution in [1.82, 2.24) is 10.0 Å². The van der Waals surface area contributed by atoms with Crippen molar-refractivity contribution in [3.8, 4) is 0 Å². The van der Waals surface area contributed by atoms with Gasteiger partial charge in [0.05, 0.1) is 5.02 Å². The third-order valence-corrected chi connectivity index (χ3v) is 5.77. The standard InChI is InChI=1S/C13H18Cl2N2O2S/c1-8(9-3-4-9)17-20(18,19)12-6-11(14)5-10(7-16-2)13(12)15/h5-6,8-9,16-17H,3-4,7H2,1-2H3. The zero-order valence-electron chi connectivity index (χ0n) is 11.4. The molecule has 4 nitrogen and oxygen atoms in total. The largest absolute Gasteiger partial charge is 0.316 e. The monoisotopic (exact) mass is 336 g/mol. The van der Waals surface area contributed by atoms with Gasteiger partial charge in [-0.3, -0.25) is 0 Å². The minimum atomic E-state index is -3.65. The summed E-state index contributed by atoms with van der Waals surface area (Å²) in [7, 11) is -1.89. The van der Waals surface area contributed by atoms with Gasteiger partial charge < -0.3 is 5.32 Å². The van der Waals surface area contributed by atoms with Gasteiger partial charge in [-0.05, 0) is 50.4 Å². The van der Waals surface area contributed by atoms with Gasteiger partial charge >= 0.3 is 0 Å². The number of nitrogens with one attached hydrogen (secondary N) is 2. The minimum Gasteiger partial charge on any atom is -0.316 e. The lowest BCUT2D eigenvalue weighted by atomic mass is 10.2. The van der Waals surface area contributed by atoms with Gasteiger partial charge in [0.25, 0.3) is 0 Å². The Morgan fingerprint density at radius 3 is 2.55 bits per heavy atom. The van der Waals surface area contributed by atoms with Gasteiger partial charge in [0.1, 0.15) is 4.90 Å². The first-order valence-electron chi connectivity index (χ1n) is 6.50. The van der Waals surface area contributed by atoms with Crippen molar-refractivity contribution in [1.29, 1.82) is 0 Å². The molecule has 0 amide bonds. The molecule has 112 valence electrons. The fraction of sp³-hybridized carbons (Fsp3) is 0.538. The van der Waals surface area contributed by atoms with Crippen LogP contribution in [0.15, 0.2) is 17.0 Å². The highest BCUT2D eigenvalue weighted by Crippen LogP contribution is 2.34. The number of benzene rings is 1. The Labute approximate surface area is 129 Å². The highest BCUT2D eigenvalue weighted by molar-refractivity contribution is 7.89. The van der Waals surface area contributed by atoms with Crippen molar-refractivity contribution in [3.63, 3.8) is 0 Å². The van der Waals surface area contributed by atoms with E-state index in [9.17, 15) is 8.42 Å². The summed E-state index contributed by atoms with van der Waals surface area (Å²) >= 11 is 12.2. The molecule has 20 heavy (non-hydrogen) atoms. The molecule has 1 aliphatic carbocycles. The summed E-state index contributed by atoms with van der Waals surface area (Å²) in [6, 6.07) is 2.98. The van der Waals surface area contributed by atoms with Crippen LogP contribution in [0.5, 0.6) is 0 Å². The summed E-state index contributed by atoms with van der Waals surface area (Å²) in [6.45, 7) is 2.34. The second-order valence-corrected chi connectivity index (χ2v) is 7.65. The third kappa shape index (κ3) is 3.65. The normalized spacial score (nSPS) is 17.2. The van der Waals surface area contributed by atoms with Crippen LogP contribution in [-0.2, 0) is 16.6 Å². The Hall–Kier alpha value is -0.330. The molecule has 1 aliphatic rings. The number of rotatable bonds is 6. The van der Waals surface area contributed by atoms with Crippen LogP contribution in [0.25, 0.3) is 0 Å². The smallest absolute Gasteiger partial charge is 0.242 e. The highest BCUT2D eigenvalue weighted by Gasteiger charge is 2.32. The Kier molecular flexibility index (Phi) is 4.97. The number of hydrogen-bond acceptors (Lipinski definition) is 3. The quantitative estimate of drug-likeness (QED) is 0.839. The second-order valence-electron chi connectivity index (χ2n) is 5.15. The van der Waals surface area contributed by atoms with Crippen molar-refractivity contribution in [2.24, 2.45) is 5.92 Å². The van der Waals surface area contributed by atoms with Crippen LogP contribution in [0.3, 0.4) is 0 Å². The van der Waals surface area contributed by atoms with E-state index in [1.54, 1.807) is 13.1 Å². The van der Waals surface area contributed by atoms with Gasteiger partial charge in [-0.1, -0.05) is 23.2 Å². The van der Waals surface area contributed by atoms with E-state index >= 15 is 0 Å². The molecule has 0 spiro atoms. The van der Waals surface area contributed by atoms with Crippen molar-refractivity contribution >= 4 is 33.2 Å². The summed E-state index contributed by atoms with van der Waals surface area (Å²) in [5.41, 5.74) is 0.668. The summed E-state index contributed by atoms with van der Waals surface area (Å²) < 4.78 is 27.5. The zero-order chi connectivity index (χ0) is 14.9. The number of sulfonamides is 1. The Morgan fingerprint density at radius 1 is 1.35 bits per heavy atom. The average Bonchev–Trinajstić information content (AvgIpc) is 3.17. The van der Waals surface area contributed by atoms with E-state index < -0.39 is 10.0 Å². The van der Waals surface area contributed by atoms with Crippen molar-refractivity contribution in [3.05, 3.63) is 27.7 Å². The van der Waals surface area contributed by atoms with E-state index in [1.807, 2.05) is 6.92 Å². The number of halogens is 2. The molecule has 1 atom stereocenters. The average molecular weight is 337 g/mol. The highest BCUT2D eigenvalue weighted by atomic mass is 35.5. The predicted octanol–water partition coefficient (Wildman–Crippen LogP) is 2.79. The molecule has 0 bridgehead atoms. The molecule has 0 heterocycles. The van der Waals surface area contributed by atoms with Crippen LogP contribution < -0.4 is 10.0 Å². The summed E-state index contributed by atoms with van der Waals surface area (Å²) in [4.78, 5) is 0.0458. The zero-order valence-corrected chi connectivity index (χ0v) is 13.7. The van der Waals surface area contributed by atoms with Gasteiger partial charge in [0, 0.05) is 17.6 Å². The molecule has 1 saturated carbocycles.